The number of amides is 1. The Morgan fingerprint density at radius 2 is 1.96 bits per heavy atom. The molecule has 0 bridgehead atoms. The van der Waals surface area contributed by atoms with Gasteiger partial charge in [0.25, 0.3) is 0 Å². The van der Waals surface area contributed by atoms with Crippen LogP contribution in [0.5, 0.6) is 0 Å². The Morgan fingerprint density at radius 1 is 1.22 bits per heavy atom. The summed E-state index contributed by atoms with van der Waals surface area (Å²) < 4.78 is 12.8. The summed E-state index contributed by atoms with van der Waals surface area (Å²) in [6.07, 6.45) is 3.91. The van der Waals surface area contributed by atoms with Crippen LogP contribution in [0, 0.1) is 5.82 Å². The molecule has 3 rings (SSSR count). The van der Waals surface area contributed by atoms with Crippen molar-refractivity contribution in [2.24, 2.45) is 0 Å². The fraction of sp³-hybridized carbons (Fsp3) is 0.312. The maximum Gasteiger partial charge on any atom is 0.234 e. The molecule has 5 nitrogen and oxygen atoms in total. The molecule has 1 saturated heterocycles. The van der Waals surface area contributed by atoms with Gasteiger partial charge in [0.05, 0.1) is 5.75 Å². The number of anilines is 2. The number of halogens is 1. The van der Waals surface area contributed by atoms with Gasteiger partial charge < -0.3 is 10.2 Å². The molecule has 1 fully saturated rings. The molecule has 0 spiro atoms. The minimum Gasteiger partial charge on any atom is -0.356 e. The highest BCUT2D eigenvalue weighted by molar-refractivity contribution is 7.99. The third-order valence-corrected chi connectivity index (χ3v) is 4.46. The van der Waals surface area contributed by atoms with Gasteiger partial charge in [-0.15, -0.1) is 0 Å². The highest BCUT2D eigenvalue weighted by Crippen LogP contribution is 2.22. The van der Waals surface area contributed by atoms with Gasteiger partial charge in [0.15, 0.2) is 0 Å². The molecule has 0 aliphatic carbocycles. The van der Waals surface area contributed by atoms with Crippen molar-refractivity contribution in [1.29, 1.82) is 0 Å². The molecule has 0 atom stereocenters. The predicted octanol–water partition coefficient (Wildman–Crippen LogP) is 2.95. The molecule has 0 unspecified atom stereocenters. The lowest BCUT2D eigenvalue weighted by Crippen LogP contribution is -2.19. The zero-order valence-electron chi connectivity index (χ0n) is 12.5. The molecule has 0 radical (unpaired) electrons. The van der Waals surface area contributed by atoms with Gasteiger partial charge in [-0.3, -0.25) is 4.79 Å². The summed E-state index contributed by atoms with van der Waals surface area (Å²) in [5.41, 5.74) is 0.581. The fourth-order valence-electron chi connectivity index (χ4n) is 2.40. The smallest absolute Gasteiger partial charge is 0.234 e. The molecule has 7 heteroatoms. The molecule has 0 saturated carbocycles. The molecule has 1 aromatic carbocycles. The van der Waals surface area contributed by atoms with Crippen LogP contribution in [0.4, 0.5) is 15.9 Å². The average molecular weight is 332 g/mol. The molecule has 23 heavy (non-hydrogen) atoms. The van der Waals surface area contributed by atoms with E-state index in [2.05, 4.69) is 20.2 Å². The molecule has 1 amide bonds. The van der Waals surface area contributed by atoms with Crippen LogP contribution in [-0.4, -0.2) is 34.7 Å². The van der Waals surface area contributed by atoms with E-state index in [1.807, 2.05) is 6.07 Å². The van der Waals surface area contributed by atoms with E-state index in [-0.39, 0.29) is 17.5 Å². The van der Waals surface area contributed by atoms with Crippen LogP contribution in [-0.2, 0) is 4.79 Å². The normalized spacial score (nSPS) is 14.0. The van der Waals surface area contributed by atoms with Crippen molar-refractivity contribution < 1.29 is 9.18 Å². The lowest BCUT2D eigenvalue weighted by atomic mass is 10.3. The van der Waals surface area contributed by atoms with Gasteiger partial charge in [-0.05, 0) is 37.1 Å². The van der Waals surface area contributed by atoms with E-state index < -0.39 is 0 Å². The van der Waals surface area contributed by atoms with Gasteiger partial charge in [-0.2, -0.15) is 0 Å². The van der Waals surface area contributed by atoms with Crippen molar-refractivity contribution in [2.75, 3.05) is 29.1 Å². The molecule has 1 aliphatic rings. The van der Waals surface area contributed by atoms with Crippen molar-refractivity contribution in [3.63, 3.8) is 0 Å². The molecule has 1 aromatic heterocycles. The van der Waals surface area contributed by atoms with E-state index in [9.17, 15) is 9.18 Å². The Kier molecular flexibility index (Phi) is 5.07. The zero-order chi connectivity index (χ0) is 16.1. The number of nitrogens with zero attached hydrogens (tertiary/aromatic N) is 3. The first-order valence-electron chi connectivity index (χ1n) is 7.46. The summed E-state index contributed by atoms with van der Waals surface area (Å²) >= 11 is 1.36. The fourth-order valence-corrected chi connectivity index (χ4v) is 3.06. The first kappa shape index (κ1) is 15.7. The van der Waals surface area contributed by atoms with Gasteiger partial charge in [0.1, 0.15) is 23.0 Å². The number of nitrogens with one attached hydrogen (secondary N) is 1. The summed E-state index contributed by atoms with van der Waals surface area (Å²) in [6.45, 7) is 2.04. The minimum atomic E-state index is -0.326. The maximum absolute atomic E-state index is 12.8. The van der Waals surface area contributed by atoms with Gasteiger partial charge in [0.2, 0.25) is 5.91 Å². The number of hydrogen-bond acceptors (Lipinski definition) is 5. The Balaban J connectivity index is 1.54. The SMILES string of the molecule is O=C(CSc1cc(N2CCCC2)ncn1)Nc1ccc(F)cc1. The van der Waals surface area contributed by atoms with E-state index in [0.717, 1.165) is 23.9 Å². The molecular weight excluding hydrogens is 315 g/mol. The number of carbonyl (C=O) groups excluding carboxylic acids is 1. The van der Waals surface area contributed by atoms with Crippen molar-refractivity contribution in [2.45, 2.75) is 17.9 Å². The largest absolute Gasteiger partial charge is 0.356 e. The first-order chi connectivity index (χ1) is 11.2. The van der Waals surface area contributed by atoms with Crippen LogP contribution in [0.2, 0.25) is 0 Å². The standard InChI is InChI=1S/C16H17FN4OS/c17-12-3-5-13(6-4-12)20-15(22)10-23-16-9-14(18-11-19-16)21-7-1-2-8-21/h3-6,9,11H,1-2,7-8,10H2,(H,20,22). The van der Waals surface area contributed by atoms with Gasteiger partial charge in [-0.25, -0.2) is 14.4 Å². The van der Waals surface area contributed by atoms with E-state index >= 15 is 0 Å². The van der Waals surface area contributed by atoms with Crippen LogP contribution in [0.25, 0.3) is 0 Å². The molecule has 2 aromatic rings. The quantitative estimate of drug-likeness (QED) is 0.674. The van der Waals surface area contributed by atoms with Crippen LogP contribution in [0.3, 0.4) is 0 Å². The number of aromatic nitrogens is 2. The second-order valence-electron chi connectivity index (χ2n) is 5.25. The number of rotatable bonds is 5. The van der Waals surface area contributed by atoms with Gasteiger partial charge in [0, 0.05) is 24.8 Å². The summed E-state index contributed by atoms with van der Waals surface area (Å²) in [5.74, 6) is 0.683. The molecule has 1 aliphatic heterocycles. The monoisotopic (exact) mass is 332 g/mol. The lowest BCUT2D eigenvalue weighted by Gasteiger charge is -2.16. The molecule has 1 N–H and O–H groups in total. The summed E-state index contributed by atoms with van der Waals surface area (Å²) in [5, 5.41) is 3.50. The second-order valence-corrected chi connectivity index (χ2v) is 6.25. The van der Waals surface area contributed by atoms with Gasteiger partial charge in [-0.1, -0.05) is 11.8 Å². The van der Waals surface area contributed by atoms with Crippen molar-refractivity contribution in [3.05, 3.63) is 42.5 Å². The highest BCUT2D eigenvalue weighted by atomic mass is 32.2. The van der Waals surface area contributed by atoms with Crippen LogP contribution in [0.15, 0.2) is 41.7 Å². The Hall–Kier alpha value is -2.15. The van der Waals surface area contributed by atoms with Crippen LogP contribution >= 0.6 is 11.8 Å². The summed E-state index contributed by atoms with van der Waals surface area (Å²) in [4.78, 5) is 22.6. The lowest BCUT2D eigenvalue weighted by molar-refractivity contribution is -0.113. The molecule has 2 heterocycles. The average Bonchev–Trinajstić information content (AvgIpc) is 3.10. The van der Waals surface area contributed by atoms with Gasteiger partial charge >= 0.3 is 0 Å². The topological polar surface area (TPSA) is 58.1 Å². The molecule has 120 valence electrons. The van der Waals surface area contributed by atoms with E-state index in [1.165, 1.54) is 55.2 Å². The van der Waals surface area contributed by atoms with Crippen molar-refractivity contribution >= 4 is 29.2 Å². The van der Waals surface area contributed by atoms with E-state index in [1.54, 1.807) is 0 Å². The third-order valence-electron chi connectivity index (χ3n) is 3.54. The van der Waals surface area contributed by atoms with E-state index in [4.69, 9.17) is 0 Å². The minimum absolute atomic E-state index is 0.150. The number of thioether (sulfide) groups is 1. The Labute approximate surface area is 138 Å². The van der Waals surface area contributed by atoms with E-state index in [0.29, 0.717) is 5.69 Å². The number of benzene rings is 1. The van der Waals surface area contributed by atoms with Crippen LogP contribution in [0.1, 0.15) is 12.8 Å². The predicted molar refractivity (Wildman–Crippen MR) is 89.2 cm³/mol. The van der Waals surface area contributed by atoms with Crippen molar-refractivity contribution in [3.8, 4) is 0 Å². The highest BCUT2D eigenvalue weighted by Gasteiger charge is 2.14. The first-order valence-corrected chi connectivity index (χ1v) is 8.44. The third kappa shape index (κ3) is 4.41. The number of carbonyl (C=O) groups is 1. The Morgan fingerprint density at radius 3 is 2.70 bits per heavy atom. The maximum atomic E-state index is 12.8. The molecular formula is C16H17FN4OS. The van der Waals surface area contributed by atoms with Crippen molar-refractivity contribution in [1.82, 2.24) is 9.97 Å². The Bertz CT molecular complexity index is 674. The summed E-state index contributed by atoms with van der Waals surface area (Å²) in [6, 6.07) is 7.62. The zero-order valence-corrected chi connectivity index (χ0v) is 13.4. The summed E-state index contributed by atoms with van der Waals surface area (Å²) in [7, 11) is 0. The number of hydrogen-bond donors (Lipinski definition) is 1. The van der Waals surface area contributed by atoms with Crippen LogP contribution < -0.4 is 10.2 Å². The second kappa shape index (κ2) is 7.41.